The number of nitrogens with zero attached hydrogens (tertiary/aromatic N) is 2. The maximum atomic E-state index is 12.5. The second kappa shape index (κ2) is 11.9. The Balaban J connectivity index is 2.71. The summed E-state index contributed by atoms with van der Waals surface area (Å²) in [5, 5.41) is 3.16. The van der Waals surface area contributed by atoms with Crippen molar-refractivity contribution in [1.29, 1.82) is 0 Å². The highest BCUT2D eigenvalue weighted by Crippen LogP contribution is 2.14. The van der Waals surface area contributed by atoms with Crippen molar-refractivity contribution in [2.24, 2.45) is 4.99 Å². The summed E-state index contributed by atoms with van der Waals surface area (Å²) in [7, 11) is 0. The van der Waals surface area contributed by atoms with Gasteiger partial charge in [-0.3, -0.25) is 10.1 Å². The van der Waals surface area contributed by atoms with Gasteiger partial charge in [0.15, 0.2) is 0 Å². The number of aliphatic imine (C=N–C) groups is 1. The van der Waals surface area contributed by atoms with Gasteiger partial charge < -0.3 is 9.64 Å². The van der Waals surface area contributed by atoms with Crippen LogP contribution in [0, 0.1) is 0 Å². The second-order valence-electron chi connectivity index (χ2n) is 6.55. The third kappa shape index (κ3) is 8.19. The lowest BCUT2D eigenvalue weighted by Gasteiger charge is -2.19. The molecule has 0 spiro atoms. The maximum Gasteiger partial charge on any atom is 0.292 e. The lowest BCUT2D eigenvalue weighted by atomic mass is 10.2. The number of rotatable bonds is 9. The minimum absolute atomic E-state index is 0.0610. The molecular weight excluding hydrogens is 350 g/mol. The van der Waals surface area contributed by atoms with Crippen LogP contribution >= 0.6 is 11.6 Å². The van der Waals surface area contributed by atoms with Gasteiger partial charge in [-0.05, 0) is 65.4 Å². The average molecular weight is 382 g/mol. The average Bonchev–Trinajstić information content (AvgIpc) is 2.58. The summed E-state index contributed by atoms with van der Waals surface area (Å²) in [6.07, 6.45) is 1.91. The van der Waals surface area contributed by atoms with E-state index in [1.54, 1.807) is 24.3 Å². The van der Waals surface area contributed by atoms with Crippen molar-refractivity contribution in [3.63, 3.8) is 0 Å². The van der Waals surface area contributed by atoms with E-state index in [9.17, 15) is 4.79 Å². The molecule has 26 heavy (non-hydrogen) atoms. The van der Waals surface area contributed by atoms with Crippen LogP contribution in [-0.4, -0.2) is 48.6 Å². The van der Waals surface area contributed by atoms with E-state index in [-0.39, 0.29) is 24.1 Å². The second-order valence-corrected chi connectivity index (χ2v) is 6.96. The Kier molecular flexibility index (Phi) is 10.3. The summed E-state index contributed by atoms with van der Waals surface area (Å²) in [5.74, 6) is -0.314. The van der Waals surface area contributed by atoms with Crippen molar-refractivity contribution in [2.75, 3.05) is 19.6 Å². The number of halogens is 1. The molecule has 146 valence electrons. The van der Waals surface area contributed by atoms with E-state index >= 15 is 0 Å². The minimum Gasteiger partial charge on any atom is -0.462 e. The van der Waals surface area contributed by atoms with Gasteiger partial charge >= 0.3 is 0 Å². The monoisotopic (exact) mass is 381 g/mol. The van der Waals surface area contributed by atoms with Gasteiger partial charge in [0.2, 0.25) is 0 Å². The number of carbonyl (C=O) groups excluding carboxylic acids is 1. The van der Waals surface area contributed by atoms with E-state index < -0.39 is 0 Å². The molecule has 0 saturated carbocycles. The van der Waals surface area contributed by atoms with Gasteiger partial charge in [-0.1, -0.05) is 37.6 Å². The third-order valence-electron chi connectivity index (χ3n) is 4.01. The standard InChI is InChI=1S/C20H32ClN3O2/c1-6-24(7-2)14-10-11-16(5)22-20(26-15(3)4)23-19(25)17-12-8-9-13-18(17)21/h8-9,12-13,15-16H,6-7,10-11,14H2,1-5H3,(H,22,23,25)/t16-/m0/s1. The van der Waals surface area contributed by atoms with E-state index in [0.717, 1.165) is 32.5 Å². The Bertz CT molecular complexity index is 586. The van der Waals surface area contributed by atoms with Gasteiger partial charge in [0.05, 0.1) is 22.7 Å². The highest BCUT2D eigenvalue weighted by atomic mass is 35.5. The van der Waals surface area contributed by atoms with Crippen LogP contribution < -0.4 is 5.32 Å². The fourth-order valence-electron chi connectivity index (χ4n) is 2.54. The van der Waals surface area contributed by atoms with Crippen molar-refractivity contribution >= 4 is 23.5 Å². The molecule has 6 heteroatoms. The van der Waals surface area contributed by atoms with Gasteiger partial charge in [0, 0.05) is 0 Å². The van der Waals surface area contributed by atoms with Crippen LogP contribution in [0.3, 0.4) is 0 Å². The molecule has 1 aromatic carbocycles. The molecule has 5 nitrogen and oxygen atoms in total. The molecule has 1 rings (SSSR count). The normalized spacial score (nSPS) is 13.2. The summed E-state index contributed by atoms with van der Waals surface area (Å²) in [6.45, 7) is 13.4. The van der Waals surface area contributed by atoms with E-state index in [1.807, 2.05) is 20.8 Å². The molecule has 0 saturated heterocycles. The highest BCUT2D eigenvalue weighted by Gasteiger charge is 2.15. The summed E-state index contributed by atoms with van der Waals surface area (Å²) in [4.78, 5) is 19.4. The Morgan fingerprint density at radius 1 is 1.23 bits per heavy atom. The molecule has 0 aliphatic heterocycles. The quantitative estimate of drug-likeness (QED) is 0.510. The Labute approximate surface area is 162 Å². The van der Waals surface area contributed by atoms with E-state index in [4.69, 9.17) is 16.3 Å². The first-order chi connectivity index (χ1) is 12.4. The van der Waals surface area contributed by atoms with E-state index in [1.165, 1.54) is 0 Å². The topological polar surface area (TPSA) is 53.9 Å². The van der Waals surface area contributed by atoms with Gasteiger partial charge in [-0.15, -0.1) is 0 Å². The van der Waals surface area contributed by atoms with E-state index in [2.05, 4.69) is 29.1 Å². The molecular formula is C20H32ClN3O2. The molecule has 1 atom stereocenters. The van der Waals surface area contributed by atoms with Gasteiger partial charge in [0.25, 0.3) is 11.9 Å². The van der Waals surface area contributed by atoms with Gasteiger partial charge in [-0.25, -0.2) is 4.99 Å². The molecule has 0 radical (unpaired) electrons. The number of hydrogen-bond acceptors (Lipinski definition) is 4. The Morgan fingerprint density at radius 2 is 1.88 bits per heavy atom. The largest absolute Gasteiger partial charge is 0.462 e. The van der Waals surface area contributed by atoms with Gasteiger partial charge in [0.1, 0.15) is 0 Å². The fraction of sp³-hybridized carbons (Fsp3) is 0.600. The zero-order chi connectivity index (χ0) is 19.5. The third-order valence-corrected chi connectivity index (χ3v) is 4.34. The number of carbonyl (C=O) groups is 1. The SMILES string of the molecule is CCN(CC)CCC[C@H](C)N=C(NC(=O)c1ccccc1Cl)OC(C)C. The van der Waals surface area contributed by atoms with Crippen molar-refractivity contribution in [3.8, 4) is 0 Å². The van der Waals surface area contributed by atoms with Crippen molar-refractivity contribution in [2.45, 2.75) is 59.6 Å². The summed E-state index contributed by atoms with van der Waals surface area (Å²) < 4.78 is 5.69. The van der Waals surface area contributed by atoms with Crippen LogP contribution in [0.1, 0.15) is 57.8 Å². The number of amides is 1. The molecule has 1 amide bonds. The van der Waals surface area contributed by atoms with Crippen LogP contribution in [0.5, 0.6) is 0 Å². The molecule has 0 aromatic heterocycles. The summed E-state index contributed by atoms with van der Waals surface area (Å²) in [5.41, 5.74) is 0.406. The predicted molar refractivity (Wildman–Crippen MR) is 109 cm³/mol. The lowest BCUT2D eigenvalue weighted by molar-refractivity contribution is 0.0959. The molecule has 0 heterocycles. The molecule has 0 bridgehead atoms. The van der Waals surface area contributed by atoms with Crippen LogP contribution in [0.15, 0.2) is 29.3 Å². The first kappa shape index (κ1) is 22.5. The molecule has 0 fully saturated rings. The number of benzene rings is 1. The number of hydrogen-bond donors (Lipinski definition) is 1. The Hall–Kier alpha value is -1.59. The zero-order valence-corrected chi connectivity index (χ0v) is 17.3. The number of amidine groups is 1. The summed E-state index contributed by atoms with van der Waals surface area (Å²) >= 11 is 6.09. The number of ether oxygens (including phenoxy) is 1. The van der Waals surface area contributed by atoms with Crippen molar-refractivity contribution in [1.82, 2.24) is 10.2 Å². The van der Waals surface area contributed by atoms with Crippen LogP contribution in [-0.2, 0) is 4.74 Å². The maximum absolute atomic E-state index is 12.5. The highest BCUT2D eigenvalue weighted by molar-refractivity contribution is 6.34. The number of nitrogens with one attached hydrogen (secondary N) is 1. The van der Waals surface area contributed by atoms with Crippen LogP contribution in [0.2, 0.25) is 5.02 Å². The minimum atomic E-state index is -0.314. The summed E-state index contributed by atoms with van der Waals surface area (Å²) in [6, 6.07) is 7.24. The molecule has 0 aliphatic rings. The lowest BCUT2D eigenvalue weighted by Crippen LogP contribution is -2.35. The fourth-order valence-corrected chi connectivity index (χ4v) is 2.76. The molecule has 0 unspecified atom stereocenters. The molecule has 1 N–H and O–H groups in total. The van der Waals surface area contributed by atoms with Crippen LogP contribution in [0.25, 0.3) is 0 Å². The smallest absolute Gasteiger partial charge is 0.292 e. The molecule has 0 aliphatic carbocycles. The van der Waals surface area contributed by atoms with Crippen LogP contribution in [0.4, 0.5) is 0 Å². The Morgan fingerprint density at radius 3 is 2.46 bits per heavy atom. The van der Waals surface area contributed by atoms with Gasteiger partial charge in [-0.2, -0.15) is 0 Å². The first-order valence-corrected chi connectivity index (χ1v) is 9.77. The first-order valence-electron chi connectivity index (χ1n) is 9.40. The molecule has 1 aromatic rings. The van der Waals surface area contributed by atoms with Crippen molar-refractivity contribution < 1.29 is 9.53 Å². The predicted octanol–water partition coefficient (Wildman–Crippen LogP) is 4.36. The van der Waals surface area contributed by atoms with Crippen molar-refractivity contribution in [3.05, 3.63) is 34.9 Å². The zero-order valence-electron chi connectivity index (χ0n) is 16.6. The van der Waals surface area contributed by atoms with E-state index in [0.29, 0.717) is 10.6 Å².